The van der Waals surface area contributed by atoms with E-state index in [1.165, 1.54) is 20.9 Å². The number of carbonyl (C=O) groups excluding carboxylic acids is 2. The number of hydrogen-bond acceptors (Lipinski definition) is 4. The van der Waals surface area contributed by atoms with E-state index in [2.05, 4.69) is 16.0 Å². The molecule has 0 bridgehead atoms. The molecule has 1 unspecified atom stereocenters. The van der Waals surface area contributed by atoms with Crippen molar-refractivity contribution in [1.29, 1.82) is 0 Å². The fourth-order valence-electron chi connectivity index (χ4n) is 4.64. The zero-order valence-corrected chi connectivity index (χ0v) is 21.0. The number of benzene rings is 2. The Morgan fingerprint density at radius 2 is 1.58 bits per heavy atom. The van der Waals surface area contributed by atoms with Crippen molar-refractivity contribution in [2.75, 3.05) is 20.2 Å². The highest BCUT2D eigenvalue weighted by molar-refractivity contribution is 5.91. The Hall–Kier alpha value is -3.12. The molecule has 2 aromatic carbocycles. The van der Waals surface area contributed by atoms with Crippen LogP contribution >= 0.6 is 0 Å². The smallest absolute Gasteiger partial charge is 0.372 e. The van der Waals surface area contributed by atoms with E-state index in [0.29, 0.717) is 12.1 Å². The SMILES string of the molecule is CNC(=O)[C@]1(NC(C)=O)CC[C@@](COC(C)c2cc(C(F)(F)F)cc(C(F)(F)F)c2)(c2ccccc2)NC1. The highest BCUT2D eigenvalue weighted by Crippen LogP contribution is 2.39. The third-order valence-electron chi connectivity index (χ3n) is 6.77. The largest absolute Gasteiger partial charge is 0.416 e. The second kappa shape index (κ2) is 10.9. The van der Waals surface area contributed by atoms with Crippen LogP contribution in [0.5, 0.6) is 0 Å². The first-order chi connectivity index (χ1) is 17.6. The molecule has 1 aliphatic rings. The number of halogens is 6. The number of nitrogens with one attached hydrogen (secondary N) is 3. The van der Waals surface area contributed by atoms with Gasteiger partial charge in [-0.2, -0.15) is 26.3 Å². The summed E-state index contributed by atoms with van der Waals surface area (Å²) >= 11 is 0. The minimum absolute atomic E-state index is 0.0146. The number of amides is 2. The highest BCUT2D eigenvalue weighted by atomic mass is 19.4. The third-order valence-corrected chi connectivity index (χ3v) is 6.77. The van der Waals surface area contributed by atoms with Crippen LogP contribution in [0.25, 0.3) is 0 Å². The molecule has 0 spiro atoms. The summed E-state index contributed by atoms with van der Waals surface area (Å²) < 4.78 is 85.9. The summed E-state index contributed by atoms with van der Waals surface area (Å²) in [5.74, 6) is -0.808. The fraction of sp³-hybridized carbons (Fsp3) is 0.462. The van der Waals surface area contributed by atoms with Gasteiger partial charge in [0.25, 0.3) is 0 Å². The van der Waals surface area contributed by atoms with Crippen LogP contribution in [0.2, 0.25) is 0 Å². The second-order valence-corrected chi connectivity index (χ2v) is 9.44. The van der Waals surface area contributed by atoms with Crippen LogP contribution in [0.1, 0.15) is 55.0 Å². The monoisotopic (exact) mass is 545 g/mol. The van der Waals surface area contributed by atoms with Crippen molar-refractivity contribution in [3.63, 3.8) is 0 Å². The van der Waals surface area contributed by atoms with Gasteiger partial charge in [0, 0.05) is 20.5 Å². The topological polar surface area (TPSA) is 79.5 Å². The Morgan fingerprint density at radius 1 is 1.00 bits per heavy atom. The van der Waals surface area contributed by atoms with Crippen molar-refractivity contribution >= 4 is 11.8 Å². The van der Waals surface area contributed by atoms with Gasteiger partial charge in [-0.1, -0.05) is 30.3 Å². The van der Waals surface area contributed by atoms with E-state index in [4.69, 9.17) is 4.74 Å². The molecule has 2 aromatic rings. The van der Waals surface area contributed by atoms with Gasteiger partial charge in [-0.05, 0) is 49.1 Å². The van der Waals surface area contributed by atoms with Crippen LogP contribution in [0.3, 0.4) is 0 Å². The van der Waals surface area contributed by atoms with E-state index < -0.39 is 52.5 Å². The number of ether oxygens (including phenoxy) is 1. The first-order valence-corrected chi connectivity index (χ1v) is 11.8. The standard InChI is InChI=1S/C26H29F6N3O3/c1-16(18-11-20(25(27,28)29)13-21(12-18)26(30,31)32)38-15-24(19-7-5-4-6-8-19)10-9-23(14-34-24,22(37)33-3)35-17(2)36/h4-8,11-13,16,34H,9-10,14-15H2,1-3H3,(H,33,37)(H,35,36)/t16?,23-,24+/m0/s1. The van der Waals surface area contributed by atoms with Crippen LogP contribution in [0, 0.1) is 0 Å². The molecule has 0 radical (unpaired) electrons. The molecule has 0 saturated carbocycles. The quantitative estimate of drug-likeness (QED) is 0.441. The van der Waals surface area contributed by atoms with E-state index in [0.717, 1.165) is 5.56 Å². The molecule has 3 rings (SSSR count). The average molecular weight is 546 g/mol. The van der Waals surface area contributed by atoms with Crippen molar-refractivity contribution in [3.8, 4) is 0 Å². The number of likely N-dealkylation sites (N-methyl/N-ethyl adjacent to an activating group) is 1. The molecule has 3 atom stereocenters. The molecule has 1 fully saturated rings. The van der Waals surface area contributed by atoms with Gasteiger partial charge in [0.2, 0.25) is 11.8 Å². The lowest BCUT2D eigenvalue weighted by molar-refractivity contribution is -0.143. The zero-order chi connectivity index (χ0) is 28.4. The molecule has 2 amide bonds. The minimum atomic E-state index is -4.97. The highest BCUT2D eigenvalue weighted by Gasteiger charge is 2.48. The van der Waals surface area contributed by atoms with Crippen LogP contribution < -0.4 is 16.0 Å². The number of alkyl halides is 6. The molecule has 208 valence electrons. The molecule has 0 aliphatic carbocycles. The van der Waals surface area contributed by atoms with Crippen molar-refractivity contribution in [2.24, 2.45) is 0 Å². The number of hydrogen-bond donors (Lipinski definition) is 3. The lowest BCUT2D eigenvalue weighted by Crippen LogP contribution is -2.69. The maximum Gasteiger partial charge on any atom is 0.416 e. The summed E-state index contributed by atoms with van der Waals surface area (Å²) in [5, 5.41) is 8.52. The van der Waals surface area contributed by atoms with Crippen molar-refractivity contribution in [3.05, 3.63) is 70.8 Å². The Bertz CT molecular complexity index is 1110. The fourth-order valence-corrected chi connectivity index (χ4v) is 4.64. The summed E-state index contributed by atoms with van der Waals surface area (Å²) in [4.78, 5) is 24.5. The average Bonchev–Trinajstić information content (AvgIpc) is 2.86. The summed E-state index contributed by atoms with van der Waals surface area (Å²) in [6.45, 7) is 2.56. The number of piperidine rings is 1. The summed E-state index contributed by atoms with van der Waals surface area (Å²) in [7, 11) is 1.44. The van der Waals surface area contributed by atoms with Gasteiger partial charge in [-0.15, -0.1) is 0 Å². The first-order valence-electron chi connectivity index (χ1n) is 11.8. The predicted molar refractivity (Wildman–Crippen MR) is 127 cm³/mol. The maximum atomic E-state index is 13.3. The van der Waals surface area contributed by atoms with Crippen LogP contribution in [-0.4, -0.2) is 37.6 Å². The molecular formula is C26H29F6N3O3. The minimum Gasteiger partial charge on any atom is -0.372 e. The number of rotatable bonds is 7. The van der Waals surface area contributed by atoms with E-state index in [1.54, 1.807) is 30.3 Å². The molecule has 0 aromatic heterocycles. The molecule has 3 N–H and O–H groups in total. The lowest BCUT2D eigenvalue weighted by Gasteiger charge is -2.47. The molecule has 6 nitrogen and oxygen atoms in total. The molecular weight excluding hydrogens is 516 g/mol. The van der Waals surface area contributed by atoms with E-state index in [1.807, 2.05) is 0 Å². The molecule has 1 heterocycles. The van der Waals surface area contributed by atoms with Gasteiger partial charge in [0.05, 0.1) is 29.4 Å². The maximum absolute atomic E-state index is 13.3. The zero-order valence-electron chi connectivity index (χ0n) is 21.0. The Labute approximate surface area is 216 Å². The third kappa shape index (κ3) is 6.47. The van der Waals surface area contributed by atoms with E-state index in [9.17, 15) is 35.9 Å². The van der Waals surface area contributed by atoms with Gasteiger partial charge < -0.3 is 20.7 Å². The van der Waals surface area contributed by atoms with Crippen LogP contribution in [0.4, 0.5) is 26.3 Å². The van der Waals surface area contributed by atoms with Crippen molar-refractivity contribution < 1.29 is 40.7 Å². The van der Waals surface area contributed by atoms with Gasteiger partial charge in [0.15, 0.2) is 0 Å². The molecule has 1 saturated heterocycles. The number of carbonyl (C=O) groups is 2. The van der Waals surface area contributed by atoms with Gasteiger partial charge in [-0.25, -0.2) is 0 Å². The van der Waals surface area contributed by atoms with E-state index >= 15 is 0 Å². The van der Waals surface area contributed by atoms with Crippen molar-refractivity contribution in [2.45, 2.75) is 56.2 Å². The normalized spacial score (nSPS) is 23.0. The Kier molecular flexibility index (Phi) is 8.47. The predicted octanol–water partition coefficient (Wildman–Crippen LogP) is 4.70. The lowest BCUT2D eigenvalue weighted by atomic mass is 9.76. The van der Waals surface area contributed by atoms with Gasteiger partial charge in [-0.3, -0.25) is 9.59 Å². The molecule has 12 heteroatoms. The van der Waals surface area contributed by atoms with Crippen molar-refractivity contribution in [1.82, 2.24) is 16.0 Å². The van der Waals surface area contributed by atoms with Gasteiger partial charge >= 0.3 is 12.4 Å². The van der Waals surface area contributed by atoms with Gasteiger partial charge in [0.1, 0.15) is 5.54 Å². The summed E-state index contributed by atoms with van der Waals surface area (Å²) in [6.07, 6.45) is -10.6. The first kappa shape index (κ1) is 29.4. The van der Waals surface area contributed by atoms with Crippen LogP contribution in [-0.2, 0) is 32.2 Å². The second-order valence-electron chi connectivity index (χ2n) is 9.44. The Balaban J connectivity index is 1.91. The summed E-state index contributed by atoms with van der Waals surface area (Å²) in [6, 6.07) is 10.3. The summed E-state index contributed by atoms with van der Waals surface area (Å²) in [5.41, 5.74) is -4.54. The van der Waals surface area contributed by atoms with Crippen LogP contribution in [0.15, 0.2) is 48.5 Å². The Morgan fingerprint density at radius 3 is 2.03 bits per heavy atom. The van der Waals surface area contributed by atoms with E-state index in [-0.39, 0.29) is 37.6 Å². The molecule has 1 aliphatic heterocycles. The molecule has 38 heavy (non-hydrogen) atoms.